The van der Waals surface area contributed by atoms with E-state index in [1.54, 1.807) is 6.20 Å². The van der Waals surface area contributed by atoms with Crippen LogP contribution in [0.2, 0.25) is 0 Å². The molecular weight excluding hydrogens is 450 g/mol. The number of aromatic nitrogens is 3. The normalized spacial score (nSPS) is 15.7. The zero-order chi connectivity index (χ0) is 25.2. The number of hydrogen-bond acceptors (Lipinski definition) is 4. The highest BCUT2D eigenvalue weighted by atomic mass is 16.5. The molecule has 4 aromatic rings. The van der Waals surface area contributed by atoms with Crippen molar-refractivity contribution in [2.75, 3.05) is 26.3 Å². The molecule has 1 aliphatic heterocycles. The number of imidazole rings is 1. The van der Waals surface area contributed by atoms with Gasteiger partial charge in [0.05, 0.1) is 24.8 Å². The summed E-state index contributed by atoms with van der Waals surface area (Å²) < 4.78 is 9.32. The Hall–Kier alpha value is -3.71. The van der Waals surface area contributed by atoms with Crippen LogP contribution in [-0.2, 0) is 16.0 Å². The van der Waals surface area contributed by atoms with E-state index in [1.165, 1.54) is 11.1 Å². The van der Waals surface area contributed by atoms with E-state index in [9.17, 15) is 10.2 Å². The van der Waals surface area contributed by atoms with Gasteiger partial charge in [-0.15, -0.1) is 0 Å². The molecule has 2 atom stereocenters. The maximum absolute atomic E-state index is 14.0. The second kappa shape index (κ2) is 10.1. The molecule has 0 aliphatic carbocycles. The van der Waals surface area contributed by atoms with Gasteiger partial charge in [-0.25, -0.2) is 4.98 Å². The Morgan fingerprint density at radius 3 is 2.28 bits per heavy atom. The number of fused-ring (bicyclic) bond motifs is 1. The molecule has 2 aromatic heterocycles. The van der Waals surface area contributed by atoms with Crippen molar-refractivity contribution < 1.29 is 9.53 Å². The first-order chi connectivity index (χ1) is 17.4. The van der Waals surface area contributed by atoms with E-state index in [0.717, 1.165) is 16.6 Å². The maximum Gasteiger partial charge on any atom is 0.246 e. The molecule has 0 bridgehead atoms. The minimum absolute atomic E-state index is 0.00469. The summed E-state index contributed by atoms with van der Waals surface area (Å²) in [5.41, 5.74) is 6.31. The first-order valence-electron chi connectivity index (χ1n) is 12.5. The third kappa shape index (κ3) is 4.58. The average Bonchev–Trinajstić information content (AvgIpc) is 3.20. The van der Waals surface area contributed by atoms with Gasteiger partial charge in [-0.2, -0.15) is 0 Å². The number of amides is 1. The monoisotopic (exact) mass is 483 g/mol. The molecule has 7 heteroatoms. The lowest BCUT2D eigenvalue weighted by Gasteiger charge is -2.31. The van der Waals surface area contributed by atoms with Crippen LogP contribution in [0, 0.1) is 19.3 Å². The molecule has 3 heterocycles. The fraction of sp³-hybridized carbons (Fsp3) is 0.345. The van der Waals surface area contributed by atoms with Crippen molar-refractivity contribution in [3.8, 4) is 0 Å². The van der Waals surface area contributed by atoms with Gasteiger partial charge in [0.2, 0.25) is 11.5 Å². The van der Waals surface area contributed by atoms with Crippen LogP contribution in [0.3, 0.4) is 0 Å². The first kappa shape index (κ1) is 24.0. The minimum atomic E-state index is -0.581. The number of rotatable bonds is 6. The van der Waals surface area contributed by atoms with Crippen LogP contribution in [-0.4, -0.2) is 51.2 Å². The molecule has 36 heavy (non-hydrogen) atoms. The highest BCUT2D eigenvalue weighted by Gasteiger charge is 2.31. The highest BCUT2D eigenvalue weighted by Crippen LogP contribution is 2.26. The third-order valence-corrected chi connectivity index (χ3v) is 7.13. The molecule has 2 unspecified atom stereocenters. The van der Waals surface area contributed by atoms with Crippen LogP contribution in [0.5, 0.6) is 0 Å². The fourth-order valence-electron chi connectivity index (χ4n) is 5.00. The number of carbonyl (C=O) groups excluding carboxylic acids is 1. The van der Waals surface area contributed by atoms with E-state index in [-0.39, 0.29) is 17.6 Å². The second-order valence-electron chi connectivity index (χ2n) is 9.64. The van der Waals surface area contributed by atoms with Crippen molar-refractivity contribution in [3.05, 3.63) is 94.7 Å². The van der Waals surface area contributed by atoms with Crippen LogP contribution in [0.1, 0.15) is 41.3 Å². The number of nitrogens with zero attached hydrogens (tertiary/aromatic N) is 4. The van der Waals surface area contributed by atoms with Gasteiger partial charge < -0.3 is 14.2 Å². The van der Waals surface area contributed by atoms with Gasteiger partial charge in [-0.05, 0) is 44.0 Å². The van der Waals surface area contributed by atoms with Gasteiger partial charge >= 0.3 is 0 Å². The molecule has 0 saturated carbocycles. The lowest BCUT2D eigenvalue weighted by molar-refractivity contribution is -0.138. The Morgan fingerprint density at radius 2 is 1.61 bits per heavy atom. The molecule has 0 spiro atoms. The molecule has 1 N–H and O–H groups in total. The summed E-state index contributed by atoms with van der Waals surface area (Å²) in [4.78, 5) is 20.5. The minimum Gasteiger partial charge on any atom is -0.378 e. The molecule has 7 nitrogen and oxygen atoms in total. The number of nitrogens with one attached hydrogen (secondary N) is 1. The number of carbonyl (C=O) groups is 1. The molecule has 186 valence electrons. The van der Waals surface area contributed by atoms with E-state index in [0.29, 0.717) is 38.4 Å². The Morgan fingerprint density at radius 1 is 0.972 bits per heavy atom. The summed E-state index contributed by atoms with van der Waals surface area (Å²) in [6.07, 6.45) is 2.23. The van der Waals surface area contributed by atoms with Gasteiger partial charge in [-0.1, -0.05) is 59.7 Å². The van der Waals surface area contributed by atoms with E-state index in [2.05, 4.69) is 74.3 Å². The van der Waals surface area contributed by atoms with Crippen molar-refractivity contribution in [2.24, 2.45) is 0 Å². The summed E-state index contributed by atoms with van der Waals surface area (Å²) >= 11 is 0. The van der Waals surface area contributed by atoms with Crippen molar-refractivity contribution >= 4 is 17.1 Å². The Balaban J connectivity index is 1.65. The number of aryl methyl sites for hydroxylation is 2. The molecule has 1 amide bonds. The van der Waals surface area contributed by atoms with Gasteiger partial charge in [0.15, 0.2) is 5.65 Å². The van der Waals surface area contributed by atoms with Crippen LogP contribution >= 0.6 is 0 Å². The van der Waals surface area contributed by atoms with Crippen LogP contribution in [0.15, 0.2) is 66.9 Å². The van der Waals surface area contributed by atoms with E-state index in [1.807, 2.05) is 26.2 Å². The predicted molar refractivity (Wildman–Crippen MR) is 140 cm³/mol. The third-order valence-electron chi connectivity index (χ3n) is 7.13. The smallest absolute Gasteiger partial charge is 0.246 e. The van der Waals surface area contributed by atoms with E-state index in [4.69, 9.17) is 4.74 Å². The molecule has 1 aliphatic rings. The van der Waals surface area contributed by atoms with Gasteiger partial charge in [0, 0.05) is 25.7 Å². The van der Waals surface area contributed by atoms with Crippen molar-refractivity contribution in [3.63, 3.8) is 0 Å². The second-order valence-corrected chi connectivity index (χ2v) is 9.64. The number of ether oxygens (including phenoxy) is 1. The summed E-state index contributed by atoms with van der Waals surface area (Å²) in [5, 5.41) is 9.33. The van der Waals surface area contributed by atoms with E-state index < -0.39 is 6.04 Å². The standard InChI is InChI=1S/C29H33N5O2/c1-20-6-10-23(11-7-20)19-26(28(35)32-15-17-36-18-16-32)34-27-25(5-4-14-31-27)33(29(34)30)22(3)24-12-8-21(2)9-13-24/h4-14,22,26,30H,15-19H2,1-3H3. The molecular formula is C29H33N5O2. The lowest BCUT2D eigenvalue weighted by atomic mass is 10.0. The molecule has 1 saturated heterocycles. The van der Waals surface area contributed by atoms with E-state index >= 15 is 0 Å². The largest absolute Gasteiger partial charge is 0.378 e. The Labute approximate surface area is 211 Å². The highest BCUT2D eigenvalue weighted by molar-refractivity contribution is 5.83. The Kier molecular flexibility index (Phi) is 6.74. The lowest BCUT2D eigenvalue weighted by Crippen LogP contribution is -2.46. The zero-order valence-electron chi connectivity index (χ0n) is 21.1. The SMILES string of the molecule is Cc1ccc(CC(C(=O)N2CCOCC2)n2c(=N)n(C(C)c3ccc(C)cc3)c3cccnc32)cc1. The Bertz CT molecular complexity index is 1410. The van der Waals surface area contributed by atoms with Crippen LogP contribution in [0.4, 0.5) is 0 Å². The maximum atomic E-state index is 14.0. The number of hydrogen-bond donors (Lipinski definition) is 1. The van der Waals surface area contributed by atoms with Gasteiger partial charge in [0.25, 0.3) is 0 Å². The first-order valence-corrected chi connectivity index (χ1v) is 12.5. The predicted octanol–water partition coefficient (Wildman–Crippen LogP) is 4.19. The fourth-order valence-corrected chi connectivity index (χ4v) is 5.00. The van der Waals surface area contributed by atoms with Crippen LogP contribution in [0.25, 0.3) is 11.2 Å². The van der Waals surface area contributed by atoms with Crippen molar-refractivity contribution in [1.29, 1.82) is 5.41 Å². The summed E-state index contributed by atoms with van der Waals surface area (Å²) in [7, 11) is 0. The summed E-state index contributed by atoms with van der Waals surface area (Å²) in [6, 6.07) is 19.9. The van der Waals surface area contributed by atoms with Crippen molar-refractivity contribution in [2.45, 2.75) is 39.3 Å². The topological polar surface area (TPSA) is 76.1 Å². The summed E-state index contributed by atoms with van der Waals surface area (Å²) in [5.74, 6) is 0.00469. The molecule has 2 aromatic carbocycles. The summed E-state index contributed by atoms with van der Waals surface area (Å²) in [6.45, 7) is 8.41. The molecule has 1 fully saturated rings. The molecule has 5 rings (SSSR count). The van der Waals surface area contributed by atoms with Gasteiger partial charge in [-0.3, -0.25) is 14.8 Å². The number of morpholine rings is 1. The number of benzene rings is 2. The average molecular weight is 484 g/mol. The molecule has 0 radical (unpaired) electrons. The van der Waals surface area contributed by atoms with Crippen LogP contribution < -0.4 is 5.62 Å². The van der Waals surface area contributed by atoms with Gasteiger partial charge in [0.1, 0.15) is 6.04 Å². The quantitative estimate of drug-likeness (QED) is 0.447. The zero-order valence-corrected chi connectivity index (χ0v) is 21.1. The number of pyridine rings is 1. The van der Waals surface area contributed by atoms with Crippen molar-refractivity contribution in [1.82, 2.24) is 19.0 Å².